The van der Waals surface area contributed by atoms with Gasteiger partial charge in [-0.15, -0.1) is 0 Å². The highest BCUT2D eigenvalue weighted by molar-refractivity contribution is 7.89. The van der Waals surface area contributed by atoms with Crippen molar-refractivity contribution in [2.75, 3.05) is 24.2 Å². The number of rotatable bonds is 6. The Hall–Kier alpha value is -1.40. The maximum atomic E-state index is 12.4. The predicted molar refractivity (Wildman–Crippen MR) is 97.5 cm³/mol. The predicted octanol–water partition coefficient (Wildman–Crippen LogP) is 3.08. The normalized spacial score (nSPS) is 17.0. The lowest BCUT2D eigenvalue weighted by molar-refractivity contribution is -0.120. The van der Waals surface area contributed by atoms with Crippen LogP contribution in [0, 0.1) is 19.8 Å². The molecule has 5 nitrogen and oxygen atoms in total. The molecule has 0 atom stereocenters. The second kappa shape index (κ2) is 8.12. The van der Waals surface area contributed by atoms with Crippen LogP contribution in [-0.4, -0.2) is 37.5 Å². The van der Waals surface area contributed by atoms with Gasteiger partial charge in [-0.3, -0.25) is 4.79 Å². The zero-order valence-electron chi connectivity index (χ0n) is 14.8. The second-order valence-electron chi connectivity index (χ2n) is 6.63. The number of aryl methyl sites for hydroxylation is 2. The van der Waals surface area contributed by atoms with Crippen LogP contribution in [0.25, 0.3) is 0 Å². The van der Waals surface area contributed by atoms with Crippen molar-refractivity contribution in [3.8, 4) is 0 Å². The molecule has 6 heteroatoms. The molecule has 1 heterocycles. The Morgan fingerprint density at radius 1 is 1.21 bits per heavy atom. The van der Waals surface area contributed by atoms with E-state index in [0.29, 0.717) is 32.4 Å². The fourth-order valence-electron chi connectivity index (χ4n) is 2.92. The van der Waals surface area contributed by atoms with E-state index < -0.39 is 10.0 Å². The summed E-state index contributed by atoms with van der Waals surface area (Å²) in [5.74, 6) is 0.0799. The summed E-state index contributed by atoms with van der Waals surface area (Å²) in [7, 11) is -3.16. The molecule has 1 saturated heterocycles. The van der Waals surface area contributed by atoms with Crippen molar-refractivity contribution in [1.82, 2.24) is 4.31 Å². The number of piperidine rings is 1. The van der Waals surface area contributed by atoms with Gasteiger partial charge in [0.05, 0.1) is 5.75 Å². The number of carbonyl (C=O) groups is 1. The highest BCUT2D eigenvalue weighted by Gasteiger charge is 2.30. The molecule has 0 saturated carbocycles. The molecular formula is C18H28N2O3S. The molecule has 1 aromatic rings. The first-order chi connectivity index (χ1) is 11.3. The number of amides is 1. The molecule has 1 aromatic carbocycles. The average Bonchev–Trinajstić information content (AvgIpc) is 2.56. The highest BCUT2D eigenvalue weighted by Crippen LogP contribution is 2.23. The third kappa shape index (κ3) is 4.80. The van der Waals surface area contributed by atoms with Crippen LogP contribution in [0.5, 0.6) is 0 Å². The van der Waals surface area contributed by atoms with Crippen molar-refractivity contribution in [2.45, 2.75) is 46.5 Å². The first kappa shape index (κ1) is 18.9. The van der Waals surface area contributed by atoms with Crippen molar-refractivity contribution in [3.05, 3.63) is 29.3 Å². The van der Waals surface area contributed by atoms with E-state index in [-0.39, 0.29) is 17.6 Å². The summed E-state index contributed by atoms with van der Waals surface area (Å²) in [4.78, 5) is 12.4. The molecule has 0 spiro atoms. The van der Waals surface area contributed by atoms with E-state index in [1.54, 1.807) is 4.31 Å². The van der Waals surface area contributed by atoms with Gasteiger partial charge >= 0.3 is 0 Å². The fraction of sp³-hybridized carbons (Fsp3) is 0.611. The Balaban J connectivity index is 1.89. The maximum absolute atomic E-state index is 12.4. The molecule has 1 aliphatic heterocycles. The third-order valence-corrected chi connectivity index (χ3v) is 6.70. The zero-order chi connectivity index (χ0) is 17.7. The number of sulfonamides is 1. The lowest BCUT2D eigenvalue weighted by Gasteiger charge is -2.30. The van der Waals surface area contributed by atoms with Crippen molar-refractivity contribution < 1.29 is 13.2 Å². The van der Waals surface area contributed by atoms with Crippen LogP contribution < -0.4 is 5.32 Å². The van der Waals surface area contributed by atoms with Crippen molar-refractivity contribution in [1.29, 1.82) is 0 Å². The van der Waals surface area contributed by atoms with Gasteiger partial charge in [0, 0.05) is 24.7 Å². The van der Waals surface area contributed by atoms with Crippen LogP contribution in [0.15, 0.2) is 18.2 Å². The second-order valence-corrected chi connectivity index (χ2v) is 8.72. The molecule has 0 bridgehead atoms. The van der Waals surface area contributed by atoms with Gasteiger partial charge in [0.25, 0.3) is 0 Å². The maximum Gasteiger partial charge on any atom is 0.227 e. The summed E-state index contributed by atoms with van der Waals surface area (Å²) >= 11 is 0. The van der Waals surface area contributed by atoms with Crippen LogP contribution in [0.4, 0.5) is 5.69 Å². The van der Waals surface area contributed by atoms with Crippen LogP contribution in [0.1, 0.15) is 43.7 Å². The minimum Gasteiger partial charge on any atom is -0.326 e. The monoisotopic (exact) mass is 352 g/mol. The van der Waals surface area contributed by atoms with E-state index in [1.165, 1.54) is 5.56 Å². The summed E-state index contributed by atoms with van der Waals surface area (Å²) in [5.41, 5.74) is 3.14. The average molecular weight is 353 g/mol. The quantitative estimate of drug-likeness (QED) is 0.855. The molecule has 1 fully saturated rings. The number of nitrogens with zero attached hydrogens (tertiary/aromatic N) is 1. The minimum atomic E-state index is -3.16. The molecule has 0 unspecified atom stereocenters. The minimum absolute atomic E-state index is 0.0103. The van der Waals surface area contributed by atoms with Gasteiger partial charge in [-0.25, -0.2) is 12.7 Å². The summed E-state index contributed by atoms with van der Waals surface area (Å²) in [6, 6.07) is 5.87. The molecule has 0 radical (unpaired) electrons. The number of anilines is 1. The van der Waals surface area contributed by atoms with Gasteiger partial charge in [0.15, 0.2) is 0 Å². The molecule has 1 amide bonds. The SMILES string of the molecule is CCCCS(=O)(=O)N1CCC(C(=O)Nc2ccc(C)c(C)c2)CC1. The molecule has 1 N–H and O–H groups in total. The first-order valence-corrected chi connectivity index (χ1v) is 10.3. The third-order valence-electron chi connectivity index (χ3n) is 4.75. The van der Waals surface area contributed by atoms with Crippen LogP contribution in [-0.2, 0) is 14.8 Å². The lowest BCUT2D eigenvalue weighted by Crippen LogP contribution is -2.42. The Morgan fingerprint density at radius 3 is 2.46 bits per heavy atom. The number of hydrogen-bond donors (Lipinski definition) is 1. The molecule has 134 valence electrons. The van der Waals surface area contributed by atoms with Gasteiger partial charge in [0.2, 0.25) is 15.9 Å². The van der Waals surface area contributed by atoms with E-state index in [2.05, 4.69) is 5.32 Å². The number of unbranched alkanes of at least 4 members (excludes halogenated alkanes) is 1. The molecule has 0 aromatic heterocycles. The van der Waals surface area contributed by atoms with Gasteiger partial charge in [0.1, 0.15) is 0 Å². The first-order valence-electron chi connectivity index (χ1n) is 8.69. The summed E-state index contributed by atoms with van der Waals surface area (Å²) in [6.45, 7) is 6.92. The number of hydrogen-bond acceptors (Lipinski definition) is 3. The molecular weight excluding hydrogens is 324 g/mol. The van der Waals surface area contributed by atoms with Crippen molar-refractivity contribution in [2.24, 2.45) is 5.92 Å². The number of nitrogens with one attached hydrogen (secondary N) is 1. The van der Waals surface area contributed by atoms with Crippen LogP contribution in [0.3, 0.4) is 0 Å². The fourth-order valence-corrected chi connectivity index (χ4v) is 4.59. The van der Waals surface area contributed by atoms with Gasteiger partial charge in [-0.1, -0.05) is 19.4 Å². The zero-order valence-corrected chi connectivity index (χ0v) is 15.7. The van der Waals surface area contributed by atoms with E-state index in [1.807, 2.05) is 39.0 Å². The van der Waals surface area contributed by atoms with E-state index in [0.717, 1.165) is 17.7 Å². The summed E-state index contributed by atoms with van der Waals surface area (Å²) in [5, 5.41) is 2.96. The Morgan fingerprint density at radius 2 is 1.88 bits per heavy atom. The number of carbonyl (C=O) groups excluding carboxylic acids is 1. The Labute approximate surface area is 145 Å². The highest BCUT2D eigenvalue weighted by atomic mass is 32.2. The summed E-state index contributed by atoms with van der Waals surface area (Å²) < 4.78 is 26.0. The number of benzene rings is 1. The van der Waals surface area contributed by atoms with Crippen LogP contribution in [0.2, 0.25) is 0 Å². The van der Waals surface area contributed by atoms with Gasteiger partial charge in [-0.2, -0.15) is 0 Å². The van der Waals surface area contributed by atoms with Crippen LogP contribution >= 0.6 is 0 Å². The van der Waals surface area contributed by atoms with Gasteiger partial charge < -0.3 is 5.32 Å². The Kier molecular flexibility index (Phi) is 6.40. The van der Waals surface area contributed by atoms with E-state index in [4.69, 9.17) is 0 Å². The molecule has 2 rings (SSSR count). The van der Waals surface area contributed by atoms with E-state index in [9.17, 15) is 13.2 Å². The molecule has 1 aliphatic rings. The van der Waals surface area contributed by atoms with E-state index >= 15 is 0 Å². The topological polar surface area (TPSA) is 66.5 Å². The largest absolute Gasteiger partial charge is 0.326 e. The lowest BCUT2D eigenvalue weighted by atomic mass is 9.97. The van der Waals surface area contributed by atoms with Crippen molar-refractivity contribution >= 4 is 21.6 Å². The standard InChI is InChI=1S/C18H28N2O3S/c1-4-5-12-24(22,23)20-10-8-16(9-11-20)18(21)19-17-7-6-14(2)15(3)13-17/h6-7,13,16H,4-5,8-12H2,1-3H3,(H,19,21). The Bertz CT molecular complexity index is 678. The molecule has 24 heavy (non-hydrogen) atoms. The summed E-state index contributed by atoms with van der Waals surface area (Å²) in [6.07, 6.45) is 2.73. The van der Waals surface area contributed by atoms with Gasteiger partial charge in [-0.05, 0) is 56.4 Å². The smallest absolute Gasteiger partial charge is 0.227 e. The van der Waals surface area contributed by atoms with Crippen molar-refractivity contribution in [3.63, 3.8) is 0 Å². The molecule has 0 aliphatic carbocycles.